The molecule has 1 rings (SSSR count). The van der Waals surface area contributed by atoms with Gasteiger partial charge in [0.2, 0.25) is 5.91 Å². The molecule has 0 saturated heterocycles. The standard InChI is InChI=1S/C15H22FNO2S/c1-15(2,12-6-3-4-7-13(12)16)14(19)17-8-11-20-10-5-9-18/h3-4,6-7,18H,5,8-11H2,1-2H3,(H,17,19). The minimum Gasteiger partial charge on any atom is -0.396 e. The van der Waals surface area contributed by atoms with Crippen LogP contribution in [0.2, 0.25) is 0 Å². The molecule has 112 valence electrons. The Hall–Kier alpha value is -1.07. The molecule has 0 spiro atoms. The molecule has 0 bridgehead atoms. The summed E-state index contributed by atoms with van der Waals surface area (Å²) in [6, 6.07) is 6.36. The Kier molecular flexibility index (Phi) is 7.02. The molecule has 1 amide bonds. The monoisotopic (exact) mass is 299 g/mol. The molecule has 0 fully saturated rings. The Balaban J connectivity index is 2.47. The quantitative estimate of drug-likeness (QED) is 0.724. The number of halogens is 1. The van der Waals surface area contributed by atoms with Crippen LogP contribution in [0.1, 0.15) is 25.8 Å². The molecular formula is C15H22FNO2S. The fraction of sp³-hybridized carbons (Fsp3) is 0.533. The number of thioether (sulfide) groups is 1. The SMILES string of the molecule is CC(C)(C(=O)NCCSCCCO)c1ccccc1F. The summed E-state index contributed by atoms with van der Waals surface area (Å²) in [5, 5.41) is 11.5. The van der Waals surface area contributed by atoms with Crippen LogP contribution >= 0.6 is 11.8 Å². The van der Waals surface area contributed by atoms with Crippen molar-refractivity contribution in [2.45, 2.75) is 25.7 Å². The van der Waals surface area contributed by atoms with Crippen molar-refractivity contribution in [1.82, 2.24) is 5.32 Å². The van der Waals surface area contributed by atoms with Gasteiger partial charge in [-0.05, 0) is 32.1 Å². The minimum atomic E-state index is -0.888. The first kappa shape index (κ1) is 17.0. The second-order valence-electron chi connectivity index (χ2n) is 5.05. The molecule has 0 aliphatic heterocycles. The van der Waals surface area contributed by atoms with Crippen LogP contribution in [0.4, 0.5) is 4.39 Å². The van der Waals surface area contributed by atoms with Crippen molar-refractivity contribution in [1.29, 1.82) is 0 Å². The van der Waals surface area contributed by atoms with E-state index in [2.05, 4.69) is 5.32 Å². The van der Waals surface area contributed by atoms with Crippen molar-refractivity contribution < 1.29 is 14.3 Å². The molecule has 5 heteroatoms. The van der Waals surface area contributed by atoms with Crippen molar-refractivity contribution in [2.24, 2.45) is 0 Å². The van der Waals surface area contributed by atoms with E-state index >= 15 is 0 Å². The second-order valence-corrected chi connectivity index (χ2v) is 6.28. The van der Waals surface area contributed by atoms with Gasteiger partial charge in [0.05, 0.1) is 5.41 Å². The van der Waals surface area contributed by atoms with Gasteiger partial charge in [0.1, 0.15) is 5.82 Å². The number of hydrogen-bond acceptors (Lipinski definition) is 3. The fourth-order valence-corrected chi connectivity index (χ4v) is 2.60. The van der Waals surface area contributed by atoms with Crippen molar-refractivity contribution in [3.63, 3.8) is 0 Å². The Morgan fingerprint density at radius 3 is 2.70 bits per heavy atom. The number of amides is 1. The Morgan fingerprint density at radius 1 is 1.35 bits per heavy atom. The largest absolute Gasteiger partial charge is 0.396 e. The second kappa shape index (κ2) is 8.27. The van der Waals surface area contributed by atoms with Gasteiger partial charge in [-0.25, -0.2) is 4.39 Å². The maximum absolute atomic E-state index is 13.8. The molecule has 0 saturated carbocycles. The van der Waals surface area contributed by atoms with E-state index in [0.717, 1.165) is 17.9 Å². The average molecular weight is 299 g/mol. The van der Waals surface area contributed by atoms with Crippen LogP contribution in [-0.2, 0) is 10.2 Å². The number of carbonyl (C=O) groups is 1. The van der Waals surface area contributed by atoms with Gasteiger partial charge in [0.15, 0.2) is 0 Å². The first-order chi connectivity index (χ1) is 9.50. The third-order valence-corrected chi connectivity index (χ3v) is 4.16. The fourth-order valence-electron chi connectivity index (χ4n) is 1.82. The molecule has 20 heavy (non-hydrogen) atoms. The van der Waals surface area contributed by atoms with E-state index in [1.54, 1.807) is 43.8 Å². The molecule has 0 aliphatic carbocycles. The molecule has 2 N–H and O–H groups in total. The Bertz CT molecular complexity index is 438. The molecule has 0 aromatic heterocycles. The van der Waals surface area contributed by atoms with E-state index < -0.39 is 5.41 Å². The van der Waals surface area contributed by atoms with Crippen LogP contribution in [-0.4, -0.2) is 35.7 Å². The van der Waals surface area contributed by atoms with Crippen molar-refractivity contribution in [2.75, 3.05) is 24.7 Å². The van der Waals surface area contributed by atoms with Gasteiger partial charge in [0, 0.05) is 24.5 Å². The van der Waals surface area contributed by atoms with Gasteiger partial charge in [-0.3, -0.25) is 4.79 Å². The summed E-state index contributed by atoms with van der Waals surface area (Å²) in [5.41, 5.74) is -0.480. The summed E-state index contributed by atoms with van der Waals surface area (Å²) in [5.74, 6) is 1.14. The molecule has 3 nitrogen and oxygen atoms in total. The van der Waals surface area contributed by atoms with E-state index in [1.165, 1.54) is 6.07 Å². The van der Waals surface area contributed by atoms with Gasteiger partial charge < -0.3 is 10.4 Å². The van der Waals surface area contributed by atoms with Crippen molar-refractivity contribution in [3.05, 3.63) is 35.6 Å². The van der Waals surface area contributed by atoms with Crippen LogP contribution in [0.3, 0.4) is 0 Å². The molecular weight excluding hydrogens is 277 g/mol. The Labute approximate surface area is 124 Å². The van der Waals surface area contributed by atoms with Gasteiger partial charge >= 0.3 is 0 Å². The topological polar surface area (TPSA) is 49.3 Å². The van der Waals surface area contributed by atoms with Crippen LogP contribution in [0, 0.1) is 5.82 Å². The first-order valence-corrected chi connectivity index (χ1v) is 7.87. The third-order valence-electron chi connectivity index (χ3n) is 3.09. The average Bonchev–Trinajstić information content (AvgIpc) is 2.42. The number of aliphatic hydroxyl groups excluding tert-OH is 1. The normalized spacial score (nSPS) is 11.4. The highest BCUT2D eigenvalue weighted by atomic mass is 32.2. The van der Waals surface area contributed by atoms with Gasteiger partial charge in [-0.2, -0.15) is 11.8 Å². The lowest BCUT2D eigenvalue weighted by Gasteiger charge is -2.24. The summed E-state index contributed by atoms with van der Waals surface area (Å²) in [4.78, 5) is 12.2. The maximum Gasteiger partial charge on any atom is 0.230 e. The van der Waals surface area contributed by atoms with Gasteiger partial charge in [0.25, 0.3) is 0 Å². The van der Waals surface area contributed by atoms with Crippen molar-refractivity contribution in [3.8, 4) is 0 Å². The minimum absolute atomic E-state index is 0.176. The number of benzene rings is 1. The maximum atomic E-state index is 13.8. The summed E-state index contributed by atoms with van der Waals surface area (Å²) >= 11 is 1.68. The van der Waals surface area contributed by atoms with E-state index in [1.807, 2.05) is 0 Å². The highest BCUT2D eigenvalue weighted by molar-refractivity contribution is 7.99. The van der Waals surface area contributed by atoms with Crippen LogP contribution in [0.5, 0.6) is 0 Å². The van der Waals surface area contributed by atoms with Crippen LogP contribution in [0.25, 0.3) is 0 Å². The van der Waals surface area contributed by atoms with Crippen LogP contribution in [0.15, 0.2) is 24.3 Å². The number of hydrogen-bond donors (Lipinski definition) is 2. The number of nitrogens with one attached hydrogen (secondary N) is 1. The summed E-state index contributed by atoms with van der Waals surface area (Å²) in [6.07, 6.45) is 0.763. The van der Waals surface area contributed by atoms with E-state index in [0.29, 0.717) is 12.1 Å². The van der Waals surface area contributed by atoms with Crippen LogP contribution < -0.4 is 5.32 Å². The smallest absolute Gasteiger partial charge is 0.230 e. The molecule has 0 atom stereocenters. The van der Waals surface area contributed by atoms with Gasteiger partial charge in [-0.1, -0.05) is 18.2 Å². The van der Waals surface area contributed by atoms with E-state index in [4.69, 9.17) is 5.11 Å². The first-order valence-electron chi connectivity index (χ1n) is 6.72. The molecule has 0 radical (unpaired) electrons. The number of rotatable bonds is 8. The summed E-state index contributed by atoms with van der Waals surface area (Å²) < 4.78 is 13.8. The Morgan fingerprint density at radius 2 is 2.05 bits per heavy atom. The third kappa shape index (κ3) is 4.80. The zero-order chi connectivity index (χ0) is 15.0. The molecule has 0 unspecified atom stereocenters. The molecule has 0 heterocycles. The predicted octanol–water partition coefficient (Wildman–Crippen LogP) is 2.34. The zero-order valence-corrected chi connectivity index (χ0v) is 12.8. The van der Waals surface area contributed by atoms with Crippen molar-refractivity contribution >= 4 is 17.7 Å². The lowest BCUT2D eigenvalue weighted by Crippen LogP contribution is -2.41. The highest BCUT2D eigenvalue weighted by Crippen LogP contribution is 2.25. The predicted molar refractivity (Wildman–Crippen MR) is 81.5 cm³/mol. The highest BCUT2D eigenvalue weighted by Gasteiger charge is 2.31. The van der Waals surface area contributed by atoms with Gasteiger partial charge in [-0.15, -0.1) is 0 Å². The summed E-state index contributed by atoms with van der Waals surface area (Å²) in [6.45, 7) is 4.19. The van der Waals surface area contributed by atoms with E-state index in [-0.39, 0.29) is 18.3 Å². The number of aliphatic hydroxyl groups is 1. The molecule has 0 aliphatic rings. The lowest BCUT2D eigenvalue weighted by molar-refractivity contribution is -0.125. The zero-order valence-electron chi connectivity index (χ0n) is 12.0. The number of carbonyl (C=O) groups excluding carboxylic acids is 1. The molecule has 1 aromatic carbocycles. The molecule has 1 aromatic rings. The summed E-state index contributed by atoms with van der Waals surface area (Å²) in [7, 11) is 0. The lowest BCUT2D eigenvalue weighted by atomic mass is 9.83. The van der Waals surface area contributed by atoms with E-state index in [9.17, 15) is 9.18 Å².